The van der Waals surface area contributed by atoms with Crippen LogP contribution in [0, 0.1) is 5.82 Å². The van der Waals surface area contributed by atoms with E-state index in [-0.39, 0.29) is 26.9 Å². The number of anilines is 1. The van der Waals surface area contributed by atoms with Crippen molar-refractivity contribution in [3.63, 3.8) is 0 Å². The van der Waals surface area contributed by atoms with Gasteiger partial charge in [-0.15, -0.1) is 0 Å². The van der Waals surface area contributed by atoms with E-state index in [2.05, 4.69) is 5.32 Å². The molecule has 4 nitrogen and oxygen atoms in total. The molecule has 0 aliphatic heterocycles. The maximum absolute atomic E-state index is 13.3. The smallest absolute Gasteiger partial charge is 0.335 e. The van der Waals surface area contributed by atoms with Crippen molar-refractivity contribution in [3.8, 4) is 0 Å². The summed E-state index contributed by atoms with van der Waals surface area (Å²) in [5.41, 5.74) is -0.0182. The number of hydrogen-bond donors (Lipinski definition) is 2. The SMILES string of the molecule is O=C(O)c1ccc(Cl)c(NC(=O)c2cccc(F)c2Cl)c1. The lowest BCUT2D eigenvalue weighted by Gasteiger charge is -2.09. The molecule has 0 aliphatic carbocycles. The van der Waals surface area contributed by atoms with Crippen molar-refractivity contribution in [1.82, 2.24) is 0 Å². The van der Waals surface area contributed by atoms with Crippen molar-refractivity contribution in [3.05, 3.63) is 63.4 Å². The number of rotatable bonds is 3. The number of aromatic carboxylic acids is 1. The molecule has 1 amide bonds. The quantitative estimate of drug-likeness (QED) is 0.892. The van der Waals surface area contributed by atoms with Gasteiger partial charge >= 0.3 is 5.97 Å². The molecule has 2 rings (SSSR count). The van der Waals surface area contributed by atoms with E-state index in [1.165, 1.54) is 30.3 Å². The number of amides is 1. The summed E-state index contributed by atoms with van der Waals surface area (Å²) >= 11 is 11.6. The molecule has 0 aliphatic rings. The van der Waals surface area contributed by atoms with E-state index in [0.29, 0.717) is 0 Å². The lowest BCUT2D eigenvalue weighted by molar-refractivity contribution is 0.0696. The molecule has 0 saturated carbocycles. The molecule has 2 N–H and O–H groups in total. The largest absolute Gasteiger partial charge is 0.478 e. The molecule has 0 unspecified atom stereocenters. The van der Waals surface area contributed by atoms with Crippen molar-refractivity contribution in [2.24, 2.45) is 0 Å². The van der Waals surface area contributed by atoms with Crippen LogP contribution < -0.4 is 5.32 Å². The summed E-state index contributed by atoms with van der Waals surface area (Å²) in [6, 6.07) is 7.65. The van der Waals surface area contributed by atoms with E-state index < -0.39 is 17.7 Å². The van der Waals surface area contributed by atoms with Crippen molar-refractivity contribution in [2.45, 2.75) is 0 Å². The van der Waals surface area contributed by atoms with Gasteiger partial charge < -0.3 is 10.4 Å². The first-order valence-corrected chi connectivity index (χ1v) is 6.44. The Bertz CT molecular complexity index is 734. The number of hydrogen-bond acceptors (Lipinski definition) is 2. The van der Waals surface area contributed by atoms with Gasteiger partial charge in [0.1, 0.15) is 5.82 Å². The van der Waals surface area contributed by atoms with Crippen molar-refractivity contribution >= 4 is 40.8 Å². The Kier molecular flexibility index (Phi) is 4.45. The minimum atomic E-state index is -1.16. The minimum absolute atomic E-state index is 0.0416. The van der Waals surface area contributed by atoms with Gasteiger partial charge in [0.05, 0.1) is 26.9 Å². The van der Waals surface area contributed by atoms with Crippen LogP contribution >= 0.6 is 23.2 Å². The molecule has 0 atom stereocenters. The van der Waals surface area contributed by atoms with Crippen LogP contribution in [0.25, 0.3) is 0 Å². The van der Waals surface area contributed by atoms with Crippen molar-refractivity contribution in [1.29, 1.82) is 0 Å². The fourth-order valence-electron chi connectivity index (χ4n) is 1.62. The number of carboxylic acid groups (broad SMARTS) is 1. The van der Waals surface area contributed by atoms with Crippen LogP contribution in [-0.2, 0) is 0 Å². The van der Waals surface area contributed by atoms with Gasteiger partial charge in [-0.3, -0.25) is 4.79 Å². The zero-order valence-corrected chi connectivity index (χ0v) is 11.9. The third kappa shape index (κ3) is 3.32. The fourth-order valence-corrected chi connectivity index (χ4v) is 2.00. The van der Waals surface area contributed by atoms with E-state index in [1.54, 1.807) is 0 Å². The standard InChI is InChI=1S/C14H8Cl2FNO3/c15-9-5-4-7(14(20)21)6-11(9)18-13(19)8-2-1-3-10(17)12(8)16/h1-6H,(H,18,19)(H,20,21). The summed E-state index contributed by atoms with van der Waals surface area (Å²) in [6.07, 6.45) is 0. The third-order valence-electron chi connectivity index (χ3n) is 2.66. The molecule has 7 heteroatoms. The monoisotopic (exact) mass is 327 g/mol. The van der Waals surface area contributed by atoms with Crippen LogP contribution in [0.5, 0.6) is 0 Å². The Morgan fingerprint density at radius 2 is 1.86 bits per heavy atom. The second-order valence-electron chi connectivity index (χ2n) is 4.06. The summed E-state index contributed by atoms with van der Waals surface area (Å²) in [7, 11) is 0. The molecule has 2 aromatic carbocycles. The minimum Gasteiger partial charge on any atom is -0.478 e. The molecule has 0 heterocycles. The van der Waals surface area contributed by atoms with E-state index in [0.717, 1.165) is 6.07 Å². The number of carbonyl (C=O) groups excluding carboxylic acids is 1. The molecular formula is C14H8Cl2FNO3. The van der Waals surface area contributed by atoms with E-state index >= 15 is 0 Å². The van der Waals surface area contributed by atoms with Gasteiger partial charge in [0, 0.05) is 0 Å². The molecule has 21 heavy (non-hydrogen) atoms. The van der Waals surface area contributed by atoms with E-state index in [4.69, 9.17) is 28.3 Å². The maximum Gasteiger partial charge on any atom is 0.335 e. The fraction of sp³-hybridized carbons (Fsp3) is 0. The molecule has 0 saturated heterocycles. The maximum atomic E-state index is 13.3. The van der Waals surface area contributed by atoms with Crippen LogP contribution in [-0.4, -0.2) is 17.0 Å². The molecule has 0 fully saturated rings. The molecule has 0 aromatic heterocycles. The molecule has 0 spiro atoms. The first kappa shape index (κ1) is 15.3. The van der Waals surface area contributed by atoms with Gasteiger partial charge in [-0.25, -0.2) is 9.18 Å². The van der Waals surface area contributed by atoms with Gasteiger partial charge in [-0.05, 0) is 30.3 Å². The van der Waals surface area contributed by atoms with Crippen molar-refractivity contribution in [2.75, 3.05) is 5.32 Å². The van der Waals surface area contributed by atoms with E-state index in [1.807, 2.05) is 0 Å². The van der Waals surface area contributed by atoms with Gasteiger partial charge in [-0.1, -0.05) is 29.3 Å². The Morgan fingerprint density at radius 3 is 2.52 bits per heavy atom. The van der Waals surface area contributed by atoms with Crippen LogP contribution in [0.3, 0.4) is 0 Å². The molecule has 2 aromatic rings. The van der Waals surface area contributed by atoms with Gasteiger partial charge in [0.2, 0.25) is 0 Å². The van der Waals surface area contributed by atoms with Crippen molar-refractivity contribution < 1.29 is 19.1 Å². The highest BCUT2D eigenvalue weighted by molar-refractivity contribution is 6.36. The summed E-state index contributed by atoms with van der Waals surface area (Å²) in [5, 5.41) is 11.1. The first-order valence-electron chi connectivity index (χ1n) is 5.68. The zero-order valence-electron chi connectivity index (χ0n) is 10.4. The summed E-state index contributed by atoms with van der Waals surface area (Å²) in [4.78, 5) is 22.9. The number of carbonyl (C=O) groups is 2. The number of carboxylic acids is 1. The highest BCUT2D eigenvalue weighted by atomic mass is 35.5. The molecule has 108 valence electrons. The second-order valence-corrected chi connectivity index (χ2v) is 4.84. The first-order chi connectivity index (χ1) is 9.90. The number of nitrogens with one attached hydrogen (secondary N) is 1. The number of benzene rings is 2. The van der Waals surface area contributed by atoms with Crippen LogP contribution in [0.2, 0.25) is 10.0 Å². The Hall–Kier alpha value is -2.11. The Morgan fingerprint density at radius 1 is 1.14 bits per heavy atom. The highest BCUT2D eigenvalue weighted by Crippen LogP contribution is 2.26. The lowest BCUT2D eigenvalue weighted by atomic mass is 10.1. The van der Waals surface area contributed by atoms with Gasteiger partial charge in [0.25, 0.3) is 5.91 Å². The molecule has 0 bridgehead atoms. The van der Waals surface area contributed by atoms with Crippen LogP contribution in [0.1, 0.15) is 20.7 Å². The average molecular weight is 328 g/mol. The Balaban J connectivity index is 2.33. The van der Waals surface area contributed by atoms with Crippen LogP contribution in [0.4, 0.5) is 10.1 Å². The predicted molar refractivity (Wildman–Crippen MR) is 77.8 cm³/mol. The molecule has 0 radical (unpaired) electrons. The highest BCUT2D eigenvalue weighted by Gasteiger charge is 2.15. The van der Waals surface area contributed by atoms with E-state index in [9.17, 15) is 14.0 Å². The predicted octanol–water partition coefficient (Wildman–Crippen LogP) is 4.08. The second kappa shape index (κ2) is 6.11. The summed E-state index contributed by atoms with van der Waals surface area (Å²) in [5.74, 6) is -2.58. The summed E-state index contributed by atoms with van der Waals surface area (Å²) in [6.45, 7) is 0. The van der Waals surface area contributed by atoms with Gasteiger partial charge in [-0.2, -0.15) is 0 Å². The Labute approximate surface area is 129 Å². The average Bonchev–Trinajstić information content (AvgIpc) is 2.43. The normalized spacial score (nSPS) is 10.2. The lowest BCUT2D eigenvalue weighted by Crippen LogP contribution is -2.14. The van der Waals surface area contributed by atoms with Gasteiger partial charge in [0.15, 0.2) is 0 Å². The number of halogens is 3. The topological polar surface area (TPSA) is 66.4 Å². The summed E-state index contributed by atoms with van der Waals surface area (Å²) < 4.78 is 13.3. The zero-order chi connectivity index (χ0) is 15.6. The van der Waals surface area contributed by atoms with Crippen LogP contribution in [0.15, 0.2) is 36.4 Å². The molecular weight excluding hydrogens is 320 g/mol. The third-order valence-corrected chi connectivity index (χ3v) is 3.37.